The highest BCUT2D eigenvalue weighted by Crippen LogP contribution is 2.32. The lowest BCUT2D eigenvalue weighted by molar-refractivity contribution is 0.601. The van der Waals surface area contributed by atoms with Crippen LogP contribution in [-0.4, -0.2) is 13.4 Å². The van der Waals surface area contributed by atoms with Crippen molar-refractivity contribution in [3.8, 4) is 0 Å². The number of hydrogen-bond acceptors (Lipinski definition) is 4. The molecule has 3 N–H and O–H groups in total. The van der Waals surface area contributed by atoms with Crippen LogP contribution < -0.4 is 10.5 Å². The number of nitrogen functional groups attached to an aromatic ring is 1. The number of benzene rings is 1. The number of rotatable bonds is 3. The van der Waals surface area contributed by atoms with Crippen LogP contribution in [-0.2, 0) is 10.0 Å². The van der Waals surface area contributed by atoms with E-state index in [9.17, 15) is 8.42 Å². The Balaban J connectivity index is 2.46. The molecule has 20 heavy (non-hydrogen) atoms. The molecule has 0 amide bonds. The summed E-state index contributed by atoms with van der Waals surface area (Å²) in [6, 6.07) is 7.11. The SMILES string of the molecule is Nc1cc(Cl)cc(Cl)c1S(=O)(=O)Nc1cccc(Cl)n1. The molecule has 0 atom stereocenters. The standard InChI is InChI=1S/C11H8Cl3N3O2S/c12-6-4-7(13)11(8(15)5-6)20(18,19)17-10-3-1-2-9(14)16-10/h1-5H,15H2,(H,16,17). The van der Waals surface area contributed by atoms with Crippen LogP contribution in [0.4, 0.5) is 11.5 Å². The van der Waals surface area contributed by atoms with Crippen LogP contribution in [0.5, 0.6) is 0 Å². The first-order chi connectivity index (χ1) is 9.29. The number of anilines is 2. The van der Waals surface area contributed by atoms with E-state index in [-0.39, 0.29) is 31.6 Å². The van der Waals surface area contributed by atoms with Crippen molar-refractivity contribution in [1.29, 1.82) is 0 Å². The van der Waals surface area contributed by atoms with Crippen LogP contribution in [0.2, 0.25) is 15.2 Å². The van der Waals surface area contributed by atoms with Crippen molar-refractivity contribution in [3.05, 3.63) is 45.5 Å². The Bertz CT molecular complexity index is 742. The second kappa shape index (κ2) is 5.65. The number of nitrogens with one attached hydrogen (secondary N) is 1. The number of aromatic nitrogens is 1. The van der Waals surface area contributed by atoms with Gasteiger partial charge in [0.25, 0.3) is 10.0 Å². The Morgan fingerprint density at radius 1 is 1.15 bits per heavy atom. The summed E-state index contributed by atoms with van der Waals surface area (Å²) in [6.07, 6.45) is 0. The molecule has 1 heterocycles. The summed E-state index contributed by atoms with van der Waals surface area (Å²) in [5, 5.41) is 0.317. The lowest BCUT2D eigenvalue weighted by Crippen LogP contribution is -2.16. The van der Waals surface area contributed by atoms with Crippen LogP contribution in [0.25, 0.3) is 0 Å². The van der Waals surface area contributed by atoms with Gasteiger partial charge in [-0.2, -0.15) is 0 Å². The van der Waals surface area contributed by atoms with E-state index in [4.69, 9.17) is 40.5 Å². The second-order valence-corrected chi connectivity index (χ2v) is 6.61. The largest absolute Gasteiger partial charge is 0.398 e. The van der Waals surface area contributed by atoms with Gasteiger partial charge in [0.2, 0.25) is 0 Å². The highest BCUT2D eigenvalue weighted by Gasteiger charge is 2.22. The zero-order valence-corrected chi connectivity index (χ0v) is 12.9. The Morgan fingerprint density at radius 3 is 2.45 bits per heavy atom. The Hall–Kier alpha value is -1.21. The fourth-order valence-corrected chi connectivity index (χ4v) is 3.67. The first-order valence-electron chi connectivity index (χ1n) is 5.19. The van der Waals surface area contributed by atoms with Crippen molar-refractivity contribution in [2.24, 2.45) is 0 Å². The molecule has 106 valence electrons. The topological polar surface area (TPSA) is 85.1 Å². The van der Waals surface area contributed by atoms with Gasteiger partial charge in [-0.25, -0.2) is 13.4 Å². The maximum Gasteiger partial charge on any atom is 0.266 e. The van der Waals surface area contributed by atoms with Gasteiger partial charge in [-0.1, -0.05) is 40.9 Å². The number of nitrogens with two attached hydrogens (primary N) is 1. The maximum atomic E-state index is 12.3. The van der Waals surface area contributed by atoms with Gasteiger partial charge >= 0.3 is 0 Å². The van der Waals surface area contributed by atoms with Gasteiger partial charge in [0, 0.05) is 5.02 Å². The molecule has 5 nitrogen and oxygen atoms in total. The predicted molar refractivity (Wildman–Crippen MR) is 80.9 cm³/mol. The lowest BCUT2D eigenvalue weighted by Gasteiger charge is -2.11. The minimum absolute atomic E-state index is 0.0583. The van der Waals surface area contributed by atoms with E-state index >= 15 is 0 Å². The van der Waals surface area contributed by atoms with Crippen LogP contribution in [0.1, 0.15) is 0 Å². The van der Waals surface area contributed by atoms with Crippen LogP contribution in [0.15, 0.2) is 35.2 Å². The van der Waals surface area contributed by atoms with E-state index in [2.05, 4.69) is 9.71 Å². The van der Waals surface area contributed by atoms with Crippen LogP contribution >= 0.6 is 34.8 Å². The summed E-state index contributed by atoms with van der Waals surface area (Å²) in [5.41, 5.74) is 5.60. The number of nitrogens with zero attached hydrogens (tertiary/aromatic N) is 1. The molecule has 0 bridgehead atoms. The average Bonchev–Trinajstić information content (AvgIpc) is 2.25. The van der Waals surface area contributed by atoms with E-state index in [1.54, 1.807) is 6.07 Å². The van der Waals surface area contributed by atoms with Crippen molar-refractivity contribution in [3.63, 3.8) is 0 Å². The van der Waals surface area contributed by atoms with E-state index in [1.165, 1.54) is 24.3 Å². The summed E-state index contributed by atoms with van der Waals surface area (Å²) >= 11 is 17.3. The quantitative estimate of drug-likeness (QED) is 0.654. The molecule has 0 fully saturated rings. The second-order valence-electron chi connectivity index (χ2n) is 3.76. The zero-order chi connectivity index (χ0) is 14.9. The smallest absolute Gasteiger partial charge is 0.266 e. The molecule has 1 aromatic carbocycles. The average molecular weight is 353 g/mol. The molecular formula is C11H8Cl3N3O2S. The number of pyridine rings is 1. The van der Waals surface area contributed by atoms with E-state index in [0.29, 0.717) is 0 Å². The van der Waals surface area contributed by atoms with Gasteiger partial charge in [-0.3, -0.25) is 4.72 Å². The van der Waals surface area contributed by atoms with Crippen molar-refractivity contribution < 1.29 is 8.42 Å². The molecule has 0 saturated heterocycles. The predicted octanol–water partition coefficient (Wildman–Crippen LogP) is 3.42. The summed E-state index contributed by atoms with van der Waals surface area (Å²) in [5.74, 6) is 0.0583. The minimum Gasteiger partial charge on any atom is -0.398 e. The third-order valence-corrected chi connectivity index (χ3v) is 4.57. The van der Waals surface area contributed by atoms with Crippen molar-refractivity contribution >= 4 is 56.3 Å². The maximum absolute atomic E-state index is 12.3. The minimum atomic E-state index is -3.99. The zero-order valence-electron chi connectivity index (χ0n) is 9.77. The van der Waals surface area contributed by atoms with Gasteiger partial charge < -0.3 is 5.73 Å². The summed E-state index contributed by atoms with van der Waals surface area (Å²) in [6.45, 7) is 0. The molecule has 0 spiro atoms. The Morgan fingerprint density at radius 2 is 1.85 bits per heavy atom. The molecule has 1 aromatic heterocycles. The molecule has 0 aliphatic carbocycles. The number of hydrogen-bond donors (Lipinski definition) is 2. The van der Waals surface area contributed by atoms with Crippen molar-refractivity contribution in [1.82, 2.24) is 4.98 Å². The Kier molecular flexibility index (Phi) is 4.29. The Labute approximate surface area is 130 Å². The van der Waals surface area contributed by atoms with Gasteiger partial charge in [-0.15, -0.1) is 0 Å². The van der Waals surface area contributed by atoms with Gasteiger partial charge in [0.1, 0.15) is 15.9 Å². The monoisotopic (exact) mass is 351 g/mol. The molecular weight excluding hydrogens is 345 g/mol. The molecule has 2 rings (SSSR count). The first-order valence-corrected chi connectivity index (χ1v) is 7.81. The molecule has 0 aliphatic rings. The normalized spacial score (nSPS) is 11.3. The fourth-order valence-electron chi connectivity index (χ4n) is 1.52. The van der Waals surface area contributed by atoms with Gasteiger partial charge in [-0.05, 0) is 24.3 Å². The molecule has 2 aromatic rings. The summed E-state index contributed by atoms with van der Waals surface area (Å²) in [4.78, 5) is 3.57. The van der Waals surface area contributed by atoms with Crippen LogP contribution in [0.3, 0.4) is 0 Å². The van der Waals surface area contributed by atoms with Gasteiger partial charge in [0.15, 0.2) is 0 Å². The molecule has 9 heteroatoms. The van der Waals surface area contributed by atoms with Crippen molar-refractivity contribution in [2.75, 3.05) is 10.5 Å². The molecule has 0 saturated carbocycles. The fraction of sp³-hybridized carbons (Fsp3) is 0. The van der Waals surface area contributed by atoms with Crippen LogP contribution in [0, 0.1) is 0 Å². The number of sulfonamides is 1. The molecule has 0 radical (unpaired) electrons. The lowest BCUT2D eigenvalue weighted by atomic mass is 10.3. The molecule has 0 aliphatic heterocycles. The van der Waals surface area contributed by atoms with Gasteiger partial charge in [0.05, 0.1) is 10.7 Å². The van der Waals surface area contributed by atoms with Crippen molar-refractivity contribution in [2.45, 2.75) is 4.90 Å². The summed E-state index contributed by atoms with van der Waals surface area (Å²) < 4.78 is 26.8. The van der Waals surface area contributed by atoms with E-state index in [0.717, 1.165) is 0 Å². The highest BCUT2D eigenvalue weighted by molar-refractivity contribution is 7.93. The first kappa shape index (κ1) is 15.2. The third-order valence-electron chi connectivity index (χ3n) is 2.26. The highest BCUT2D eigenvalue weighted by atomic mass is 35.5. The molecule has 0 unspecified atom stereocenters. The van der Waals surface area contributed by atoms with E-state index in [1.807, 2.05) is 0 Å². The van der Waals surface area contributed by atoms with E-state index < -0.39 is 10.0 Å². The third kappa shape index (κ3) is 3.27. The number of halogens is 3. The summed E-state index contributed by atoms with van der Waals surface area (Å²) in [7, 11) is -3.99.